The first-order valence-corrected chi connectivity index (χ1v) is 18.2. The molecule has 10 rings (SSSR count). The van der Waals surface area contributed by atoms with Crippen LogP contribution in [0.25, 0.3) is 66.8 Å². The summed E-state index contributed by atoms with van der Waals surface area (Å²) in [5.74, 6) is 0. The minimum Gasteiger partial charge on any atom is -0.255 e. The van der Waals surface area contributed by atoms with E-state index in [4.69, 9.17) is 4.98 Å². The lowest BCUT2D eigenvalue weighted by atomic mass is 9.67. The summed E-state index contributed by atoms with van der Waals surface area (Å²) in [6.45, 7) is 0. The maximum absolute atomic E-state index is 4.97. The van der Waals surface area contributed by atoms with E-state index < -0.39 is 5.41 Å². The lowest BCUT2D eigenvalue weighted by molar-refractivity contribution is 0.768. The minimum atomic E-state index is -0.442. The lowest BCUT2D eigenvalue weighted by Gasteiger charge is -2.34. The van der Waals surface area contributed by atoms with E-state index in [1.54, 1.807) is 0 Å². The van der Waals surface area contributed by atoms with Crippen LogP contribution in [0, 0.1) is 0 Å². The molecule has 7 aromatic carbocycles. The van der Waals surface area contributed by atoms with Gasteiger partial charge in [-0.05, 0) is 91.0 Å². The van der Waals surface area contributed by atoms with Crippen molar-refractivity contribution >= 4 is 10.9 Å². The van der Waals surface area contributed by atoms with Gasteiger partial charge in [-0.15, -0.1) is 0 Å². The Morgan fingerprint density at radius 1 is 0.358 bits per heavy atom. The largest absolute Gasteiger partial charge is 0.255 e. The zero-order chi connectivity index (χ0) is 35.2. The Bertz CT molecular complexity index is 2710. The van der Waals surface area contributed by atoms with Crippen molar-refractivity contribution in [3.05, 3.63) is 229 Å². The van der Waals surface area contributed by atoms with Crippen molar-refractivity contribution in [2.24, 2.45) is 0 Å². The number of nitrogens with zero attached hydrogens (tertiary/aromatic N) is 2. The van der Waals surface area contributed by atoms with Gasteiger partial charge in [-0.25, -0.2) is 4.98 Å². The molecule has 0 radical (unpaired) electrons. The molecule has 1 aliphatic carbocycles. The van der Waals surface area contributed by atoms with Crippen LogP contribution in [0.2, 0.25) is 0 Å². The van der Waals surface area contributed by atoms with Crippen LogP contribution >= 0.6 is 0 Å². The van der Waals surface area contributed by atoms with Gasteiger partial charge in [0.25, 0.3) is 0 Å². The molecule has 248 valence electrons. The standard InChI is InChI=1S/C51H34N2/c1-3-16-37(17-4-1)51(38-18-5-2-6-19-38)45-25-11-9-23-43(45)50-42(24-15-26-46(50)51)40-21-8-7-20-39(40)35-29-31-36(32-30-35)44-34-49(48-28-13-14-33-52-48)53-47-27-12-10-22-41(44)47/h1-34H. The third-order valence-electron chi connectivity index (χ3n) is 10.9. The molecule has 0 unspecified atom stereocenters. The van der Waals surface area contributed by atoms with Crippen molar-refractivity contribution < 1.29 is 0 Å². The maximum Gasteiger partial charge on any atom is 0.0900 e. The van der Waals surface area contributed by atoms with Crippen LogP contribution in [-0.2, 0) is 5.41 Å². The Balaban J connectivity index is 1.14. The Morgan fingerprint density at radius 3 is 1.64 bits per heavy atom. The van der Waals surface area contributed by atoms with Crippen molar-refractivity contribution in [1.82, 2.24) is 9.97 Å². The first-order valence-electron chi connectivity index (χ1n) is 18.2. The molecule has 0 aliphatic heterocycles. The molecule has 53 heavy (non-hydrogen) atoms. The molecule has 2 heterocycles. The molecule has 2 nitrogen and oxygen atoms in total. The fourth-order valence-electron chi connectivity index (χ4n) is 8.58. The summed E-state index contributed by atoms with van der Waals surface area (Å²) >= 11 is 0. The van der Waals surface area contributed by atoms with E-state index in [-0.39, 0.29) is 0 Å². The summed E-state index contributed by atoms with van der Waals surface area (Å²) < 4.78 is 0. The van der Waals surface area contributed by atoms with Crippen LogP contribution in [0.4, 0.5) is 0 Å². The van der Waals surface area contributed by atoms with E-state index >= 15 is 0 Å². The Morgan fingerprint density at radius 2 is 0.925 bits per heavy atom. The zero-order valence-corrected chi connectivity index (χ0v) is 29.0. The van der Waals surface area contributed by atoms with Gasteiger partial charge in [0.15, 0.2) is 0 Å². The molecular weight excluding hydrogens is 641 g/mol. The number of aromatic nitrogens is 2. The highest BCUT2D eigenvalue weighted by Crippen LogP contribution is 2.58. The second kappa shape index (κ2) is 12.7. The SMILES string of the molecule is c1ccc(C2(c3ccccc3)c3ccccc3-c3c(-c4ccccc4-c4ccc(-c5cc(-c6ccccn6)nc6ccccc56)cc4)cccc32)cc1. The molecule has 0 fully saturated rings. The molecule has 0 N–H and O–H groups in total. The van der Waals surface area contributed by atoms with E-state index in [2.05, 4.69) is 181 Å². The van der Waals surface area contributed by atoms with Gasteiger partial charge in [0.05, 0.1) is 22.3 Å². The molecule has 2 heteroatoms. The number of para-hydroxylation sites is 1. The van der Waals surface area contributed by atoms with Crippen LogP contribution in [-0.4, -0.2) is 9.97 Å². The van der Waals surface area contributed by atoms with Crippen molar-refractivity contribution in [3.63, 3.8) is 0 Å². The third-order valence-corrected chi connectivity index (χ3v) is 10.9. The van der Waals surface area contributed by atoms with Gasteiger partial charge in [-0.1, -0.05) is 176 Å². The quantitative estimate of drug-likeness (QED) is 0.175. The van der Waals surface area contributed by atoms with Gasteiger partial charge < -0.3 is 0 Å². The predicted molar refractivity (Wildman–Crippen MR) is 219 cm³/mol. The number of hydrogen-bond acceptors (Lipinski definition) is 2. The molecule has 0 bridgehead atoms. The smallest absolute Gasteiger partial charge is 0.0900 e. The highest BCUT2D eigenvalue weighted by Gasteiger charge is 2.46. The third kappa shape index (κ3) is 4.95. The molecule has 0 atom stereocenters. The second-order valence-electron chi connectivity index (χ2n) is 13.7. The van der Waals surface area contributed by atoms with E-state index in [9.17, 15) is 0 Å². The first-order chi connectivity index (χ1) is 26.3. The van der Waals surface area contributed by atoms with E-state index in [1.807, 2.05) is 30.5 Å². The van der Waals surface area contributed by atoms with Gasteiger partial charge in [0, 0.05) is 11.6 Å². The average Bonchev–Trinajstić information content (AvgIpc) is 3.56. The molecule has 2 aromatic heterocycles. The summed E-state index contributed by atoms with van der Waals surface area (Å²) in [6.07, 6.45) is 1.82. The molecule has 0 saturated heterocycles. The van der Waals surface area contributed by atoms with Gasteiger partial charge in [-0.3, -0.25) is 4.98 Å². The van der Waals surface area contributed by atoms with E-state index in [1.165, 1.54) is 55.6 Å². The van der Waals surface area contributed by atoms with Crippen LogP contribution in [0.1, 0.15) is 22.3 Å². The van der Waals surface area contributed by atoms with Gasteiger partial charge in [0.1, 0.15) is 0 Å². The fourth-order valence-corrected chi connectivity index (χ4v) is 8.58. The van der Waals surface area contributed by atoms with Gasteiger partial charge in [0.2, 0.25) is 0 Å². The molecular formula is C51H34N2. The summed E-state index contributed by atoms with van der Waals surface area (Å²) in [6, 6.07) is 72.3. The Kier molecular flexibility index (Phi) is 7.40. The molecule has 0 saturated carbocycles. The van der Waals surface area contributed by atoms with Crippen molar-refractivity contribution in [2.75, 3.05) is 0 Å². The van der Waals surface area contributed by atoms with Crippen LogP contribution in [0.15, 0.2) is 206 Å². The average molecular weight is 675 g/mol. The van der Waals surface area contributed by atoms with Crippen LogP contribution < -0.4 is 0 Å². The fraction of sp³-hybridized carbons (Fsp3) is 0.0196. The monoisotopic (exact) mass is 674 g/mol. The highest BCUT2D eigenvalue weighted by molar-refractivity contribution is 6.00. The maximum atomic E-state index is 4.97. The molecule has 0 spiro atoms. The van der Waals surface area contributed by atoms with Gasteiger partial charge >= 0.3 is 0 Å². The summed E-state index contributed by atoms with van der Waals surface area (Å²) in [7, 11) is 0. The van der Waals surface area contributed by atoms with Crippen molar-refractivity contribution in [2.45, 2.75) is 5.41 Å². The zero-order valence-electron chi connectivity index (χ0n) is 29.0. The number of benzene rings is 7. The van der Waals surface area contributed by atoms with Crippen molar-refractivity contribution in [1.29, 1.82) is 0 Å². The Labute approximate surface area is 309 Å². The van der Waals surface area contributed by atoms with Crippen LogP contribution in [0.5, 0.6) is 0 Å². The summed E-state index contributed by atoms with van der Waals surface area (Å²) in [4.78, 5) is 9.58. The van der Waals surface area contributed by atoms with Gasteiger partial charge in [-0.2, -0.15) is 0 Å². The topological polar surface area (TPSA) is 25.8 Å². The van der Waals surface area contributed by atoms with E-state index in [0.29, 0.717) is 0 Å². The second-order valence-corrected chi connectivity index (χ2v) is 13.7. The highest BCUT2D eigenvalue weighted by atomic mass is 14.8. The number of fused-ring (bicyclic) bond motifs is 4. The summed E-state index contributed by atoms with van der Waals surface area (Å²) in [5.41, 5.74) is 17.1. The predicted octanol–water partition coefficient (Wildman–Crippen LogP) is 12.7. The minimum absolute atomic E-state index is 0.442. The van der Waals surface area contributed by atoms with Crippen molar-refractivity contribution in [3.8, 4) is 55.9 Å². The summed E-state index contributed by atoms with van der Waals surface area (Å²) in [5, 5.41) is 1.12. The van der Waals surface area contributed by atoms with E-state index in [0.717, 1.165) is 33.4 Å². The van der Waals surface area contributed by atoms with Crippen LogP contribution in [0.3, 0.4) is 0 Å². The molecule has 0 amide bonds. The normalized spacial score (nSPS) is 12.7. The number of hydrogen-bond donors (Lipinski definition) is 0. The number of pyridine rings is 2. The number of rotatable bonds is 6. The lowest BCUT2D eigenvalue weighted by Crippen LogP contribution is -2.28. The molecule has 9 aromatic rings. The first kappa shape index (κ1) is 30.9. The Hall–Kier alpha value is -6.90. The molecule has 1 aliphatic rings.